The van der Waals surface area contributed by atoms with E-state index in [4.69, 9.17) is 18.9 Å². The number of esters is 3. The number of carbonyl (C=O) groups excluding carboxylic acids is 4. The van der Waals surface area contributed by atoms with Gasteiger partial charge in [0.2, 0.25) is 0 Å². The maximum Gasteiger partial charge on any atom is 0.351 e. The minimum atomic E-state index is -1.44. The maximum atomic E-state index is 13.6. The molecule has 50 heavy (non-hydrogen) atoms. The van der Waals surface area contributed by atoms with Crippen molar-refractivity contribution in [1.29, 1.82) is 0 Å². The molecule has 0 saturated carbocycles. The van der Waals surface area contributed by atoms with Crippen molar-refractivity contribution >= 4 is 45.6 Å². The number of carbonyl (C=O) groups is 4. The van der Waals surface area contributed by atoms with Crippen LogP contribution in [0.5, 0.6) is 0 Å². The fraction of sp³-hybridized carbons (Fsp3) is 0.135. The average molecular weight is 739 g/mol. The molecule has 2 heterocycles. The van der Waals surface area contributed by atoms with E-state index in [-0.39, 0.29) is 27.0 Å². The molecule has 1 aliphatic rings. The summed E-state index contributed by atoms with van der Waals surface area (Å²) in [6.07, 6.45) is -4.14. The monoisotopic (exact) mass is 737 g/mol. The number of halogens is 1. The van der Waals surface area contributed by atoms with Gasteiger partial charge >= 0.3 is 23.6 Å². The molecule has 0 spiro atoms. The fourth-order valence-corrected chi connectivity index (χ4v) is 5.57. The first-order valence-electron chi connectivity index (χ1n) is 15.3. The molecule has 4 atom stereocenters. The highest BCUT2D eigenvalue weighted by molar-refractivity contribution is 9.10. The number of hydrogen-bond donors (Lipinski definition) is 1. The Hall–Kier alpha value is -5.92. The first kappa shape index (κ1) is 34.0. The highest BCUT2D eigenvalue weighted by Crippen LogP contribution is 2.35. The minimum Gasteiger partial charge on any atom is -0.459 e. The molecule has 6 rings (SSSR count). The first-order chi connectivity index (χ1) is 24.3. The molecule has 1 amide bonds. The third kappa shape index (κ3) is 7.86. The summed E-state index contributed by atoms with van der Waals surface area (Å²) in [6, 6.07) is 32.8. The number of rotatable bonds is 10. The van der Waals surface area contributed by atoms with Gasteiger partial charge in [-0.3, -0.25) is 9.36 Å². The van der Waals surface area contributed by atoms with Gasteiger partial charge in [0.15, 0.2) is 24.3 Å². The molecule has 0 unspecified atom stereocenters. The van der Waals surface area contributed by atoms with Crippen LogP contribution in [0.2, 0.25) is 0 Å². The van der Waals surface area contributed by atoms with Crippen molar-refractivity contribution in [3.8, 4) is 0 Å². The summed E-state index contributed by atoms with van der Waals surface area (Å²) < 4.78 is 24.9. The number of amides is 1. The summed E-state index contributed by atoms with van der Waals surface area (Å²) in [5.41, 5.74) is 0.100. The van der Waals surface area contributed by atoms with Crippen molar-refractivity contribution in [2.75, 3.05) is 11.9 Å². The second-order valence-electron chi connectivity index (χ2n) is 10.9. The second kappa shape index (κ2) is 15.5. The summed E-state index contributed by atoms with van der Waals surface area (Å²) in [6.45, 7) is -0.440. The van der Waals surface area contributed by atoms with Crippen molar-refractivity contribution < 1.29 is 38.1 Å². The number of nitrogens with one attached hydrogen (secondary N) is 1. The van der Waals surface area contributed by atoms with Crippen LogP contribution in [0.15, 0.2) is 137 Å². The Morgan fingerprint density at radius 3 is 1.66 bits per heavy atom. The van der Waals surface area contributed by atoms with E-state index in [1.165, 1.54) is 18.3 Å². The Kier molecular flexibility index (Phi) is 10.6. The average Bonchev–Trinajstić information content (AvgIpc) is 3.48. The van der Waals surface area contributed by atoms with Crippen molar-refractivity contribution in [1.82, 2.24) is 9.55 Å². The molecule has 0 bridgehead atoms. The number of ether oxygens (including phenoxy) is 4. The molecule has 1 N–H and O–H groups in total. The molecule has 1 aromatic heterocycles. The second-order valence-corrected chi connectivity index (χ2v) is 11.8. The highest BCUT2D eigenvalue weighted by Gasteiger charge is 2.52. The maximum absolute atomic E-state index is 13.6. The van der Waals surface area contributed by atoms with Crippen LogP contribution in [0.25, 0.3) is 0 Å². The van der Waals surface area contributed by atoms with Crippen LogP contribution in [0.3, 0.4) is 0 Å². The summed E-state index contributed by atoms with van der Waals surface area (Å²) >= 11 is 3.36. The predicted molar refractivity (Wildman–Crippen MR) is 183 cm³/mol. The fourth-order valence-electron chi connectivity index (χ4n) is 5.17. The molecular weight excluding hydrogens is 710 g/mol. The number of hydrogen-bond acceptors (Lipinski definition) is 10. The quantitative estimate of drug-likeness (QED) is 0.144. The Morgan fingerprint density at radius 1 is 0.680 bits per heavy atom. The van der Waals surface area contributed by atoms with E-state index < -0.39 is 60.7 Å². The zero-order chi connectivity index (χ0) is 35.0. The molecule has 0 radical (unpaired) electrons. The Bertz CT molecular complexity index is 2050. The summed E-state index contributed by atoms with van der Waals surface area (Å²) in [7, 11) is 0. The van der Waals surface area contributed by atoms with Gasteiger partial charge < -0.3 is 24.3 Å². The van der Waals surface area contributed by atoms with Crippen LogP contribution in [-0.4, -0.2) is 58.3 Å². The van der Waals surface area contributed by atoms with Gasteiger partial charge in [-0.25, -0.2) is 19.2 Å². The molecule has 5 aromatic rings. The lowest BCUT2D eigenvalue weighted by atomic mass is 10.1. The van der Waals surface area contributed by atoms with Gasteiger partial charge in [-0.05, 0) is 64.5 Å². The highest BCUT2D eigenvalue weighted by atomic mass is 79.9. The Morgan fingerprint density at radius 2 is 1.14 bits per heavy atom. The summed E-state index contributed by atoms with van der Waals surface area (Å²) in [4.78, 5) is 70.1. The minimum absolute atomic E-state index is 0.0728. The third-order valence-electron chi connectivity index (χ3n) is 7.63. The van der Waals surface area contributed by atoms with Gasteiger partial charge in [-0.15, -0.1) is 0 Å². The first-order valence-corrected chi connectivity index (χ1v) is 16.1. The third-order valence-corrected chi connectivity index (χ3v) is 8.21. The van der Waals surface area contributed by atoms with Crippen molar-refractivity contribution in [3.63, 3.8) is 0 Å². The SMILES string of the molecule is O=C(Nc1nc(=O)n([C@@H]2O[C@H](COC(=O)c3ccccc3)[C@@H](OC(=O)c3ccccc3)[C@H]2OC(=O)c2ccccc2)cc1Br)c1ccccc1. The largest absolute Gasteiger partial charge is 0.459 e. The van der Waals surface area contributed by atoms with Gasteiger partial charge in [-0.2, -0.15) is 4.98 Å². The molecule has 1 aliphatic heterocycles. The van der Waals surface area contributed by atoms with E-state index in [0.29, 0.717) is 5.56 Å². The van der Waals surface area contributed by atoms with Crippen LogP contribution in [-0.2, 0) is 18.9 Å². The van der Waals surface area contributed by atoms with Crippen molar-refractivity contribution in [3.05, 3.63) is 165 Å². The van der Waals surface area contributed by atoms with E-state index >= 15 is 0 Å². The van der Waals surface area contributed by atoms with E-state index in [0.717, 1.165) is 4.57 Å². The number of aromatic nitrogens is 2. The molecular formula is C37H28BrN3O9. The number of benzene rings is 4. The molecule has 4 aromatic carbocycles. The molecule has 12 nitrogen and oxygen atoms in total. The predicted octanol–water partition coefficient (Wildman–Crippen LogP) is 5.46. The normalized spacial score (nSPS) is 18.1. The lowest BCUT2D eigenvalue weighted by Crippen LogP contribution is -2.42. The van der Waals surface area contributed by atoms with E-state index in [9.17, 15) is 24.0 Å². The molecule has 1 fully saturated rings. The van der Waals surface area contributed by atoms with Crippen molar-refractivity contribution in [2.24, 2.45) is 0 Å². The van der Waals surface area contributed by atoms with Gasteiger partial charge in [0.25, 0.3) is 5.91 Å². The molecule has 13 heteroatoms. The van der Waals surface area contributed by atoms with Crippen LogP contribution in [0.4, 0.5) is 5.82 Å². The Balaban J connectivity index is 1.35. The smallest absolute Gasteiger partial charge is 0.351 e. The van der Waals surface area contributed by atoms with Crippen molar-refractivity contribution in [2.45, 2.75) is 24.5 Å². The van der Waals surface area contributed by atoms with Crippen LogP contribution in [0, 0.1) is 0 Å². The Labute approximate surface area is 293 Å². The van der Waals surface area contributed by atoms with E-state index in [1.54, 1.807) is 109 Å². The van der Waals surface area contributed by atoms with E-state index in [2.05, 4.69) is 26.2 Å². The molecule has 1 saturated heterocycles. The van der Waals surface area contributed by atoms with Gasteiger partial charge in [-0.1, -0.05) is 72.8 Å². The number of anilines is 1. The zero-order valence-corrected chi connectivity index (χ0v) is 27.7. The van der Waals surface area contributed by atoms with E-state index in [1.807, 2.05) is 0 Å². The zero-order valence-electron chi connectivity index (χ0n) is 26.1. The topological polar surface area (TPSA) is 152 Å². The van der Waals surface area contributed by atoms with Gasteiger partial charge in [0.05, 0.1) is 21.2 Å². The molecule has 0 aliphatic carbocycles. The van der Waals surface area contributed by atoms with Crippen LogP contribution in [0.1, 0.15) is 47.7 Å². The lowest BCUT2D eigenvalue weighted by Gasteiger charge is -2.25. The summed E-state index contributed by atoms with van der Waals surface area (Å²) in [5, 5.41) is 2.60. The standard InChI is InChI=1S/C37H28BrN3O9/c38-27-21-41(37(46)40-31(27)39-32(42)23-13-5-1-6-14-23)33-30(50-36(45)26-19-11-4-12-20-26)29(49-35(44)25-17-9-3-10-18-25)28(48-33)22-47-34(43)24-15-7-2-8-16-24/h1-21,28-30,33H,22H2,(H,39,40,42,46)/t28-,29-,30-,33-/m1/s1. The van der Waals surface area contributed by atoms with Gasteiger partial charge in [0.1, 0.15) is 12.7 Å². The van der Waals surface area contributed by atoms with Gasteiger partial charge in [0, 0.05) is 11.8 Å². The van der Waals surface area contributed by atoms with Crippen LogP contribution < -0.4 is 11.0 Å². The molecule has 252 valence electrons. The lowest BCUT2D eigenvalue weighted by molar-refractivity contribution is -0.0640. The summed E-state index contributed by atoms with van der Waals surface area (Å²) in [5.74, 6) is -2.82. The van der Waals surface area contributed by atoms with Crippen LogP contribution >= 0.6 is 15.9 Å². The number of nitrogens with zero attached hydrogens (tertiary/aromatic N) is 2.